The van der Waals surface area contributed by atoms with Crippen molar-refractivity contribution in [3.8, 4) is 0 Å². The first kappa shape index (κ1) is 15.1. The molecule has 126 valence electrons. The second-order valence-corrected chi connectivity index (χ2v) is 6.42. The van der Waals surface area contributed by atoms with Crippen LogP contribution < -0.4 is 5.32 Å². The van der Waals surface area contributed by atoms with Crippen LogP contribution in [0.2, 0.25) is 0 Å². The lowest BCUT2D eigenvalue weighted by molar-refractivity contribution is -0.130. The van der Waals surface area contributed by atoms with Gasteiger partial charge < -0.3 is 10.1 Å². The Morgan fingerprint density at radius 1 is 1.33 bits per heavy atom. The fourth-order valence-electron chi connectivity index (χ4n) is 3.59. The molecule has 2 fully saturated rings. The van der Waals surface area contributed by atoms with Crippen molar-refractivity contribution in [3.63, 3.8) is 0 Å². The van der Waals surface area contributed by atoms with Gasteiger partial charge in [0.25, 0.3) is 5.91 Å². The summed E-state index contributed by atoms with van der Waals surface area (Å²) in [6, 6.07) is 6.99. The predicted octanol–water partition coefficient (Wildman–Crippen LogP) is 1.42. The van der Waals surface area contributed by atoms with Crippen LogP contribution in [0.5, 0.6) is 0 Å². The maximum atomic E-state index is 12.7. The topological polar surface area (TPSA) is 76.5 Å². The zero-order valence-corrected chi connectivity index (χ0v) is 13.6. The first-order valence-electron chi connectivity index (χ1n) is 8.25. The average molecular weight is 328 g/mol. The number of nitrogens with one attached hydrogen (secondary N) is 1. The number of hydrogen-bond acceptors (Lipinski definition) is 4. The molecule has 3 amide bonds. The number of urea groups is 1. The van der Waals surface area contributed by atoms with Gasteiger partial charge in [0.2, 0.25) is 0 Å². The molecule has 1 aromatic heterocycles. The van der Waals surface area contributed by atoms with Gasteiger partial charge in [0.05, 0.1) is 24.4 Å². The zero-order valence-electron chi connectivity index (χ0n) is 13.6. The molecule has 24 heavy (non-hydrogen) atoms. The van der Waals surface area contributed by atoms with Crippen molar-refractivity contribution in [3.05, 3.63) is 30.0 Å². The predicted molar refractivity (Wildman–Crippen MR) is 87.1 cm³/mol. The first-order chi connectivity index (χ1) is 11.6. The Hall–Kier alpha value is -2.41. The van der Waals surface area contributed by atoms with Gasteiger partial charge in [-0.15, -0.1) is 0 Å². The number of para-hydroxylation sites is 1. The minimum atomic E-state index is -0.479. The van der Waals surface area contributed by atoms with E-state index >= 15 is 0 Å². The number of aryl methyl sites for hydroxylation is 1. The maximum absolute atomic E-state index is 12.7. The molecule has 1 aromatic carbocycles. The van der Waals surface area contributed by atoms with Gasteiger partial charge in [-0.3, -0.25) is 14.4 Å². The Kier molecular flexibility index (Phi) is 3.72. The highest BCUT2D eigenvalue weighted by Crippen LogP contribution is 2.25. The standard InChI is InChI=1S/C17H20N4O3/c1-20-14-7-3-2-6-12(14)13(19-20)9-21-16(22)15(18-17(21)23)11-5-4-8-24-10-11/h2-3,6-7,11,15H,4-5,8-10H2,1H3,(H,18,23). The normalized spacial score (nSPS) is 24.6. The van der Waals surface area contributed by atoms with Crippen molar-refractivity contribution < 1.29 is 14.3 Å². The van der Waals surface area contributed by atoms with Gasteiger partial charge in [0.15, 0.2) is 0 Å². The molecule has 0 spiro atoms. The minimum absolute atomic E-state index is 0.0562. The van der Waals surface area contributed by atoms with Gasteiger partial charge in [-0.25, -0.2) is 4.79 Å². The van der Waals surface area contributed by atoms with E-state index in [1.54, 1.807) is 4.68 Å². The number of ether oxygens (including phenoxy) is 1. The quantitative estimate of drug-likeness (QED) is 0.865. The van der Waals surface area contributed by atoms with Crippen LogP contribution in [0.4, 0.5) is 4.79 Å². The third kappa shape index (κ3) is 2.45. The van der Waals surface area contributed by atoms with E-state index in [0.717, 1.165) is 36.0 Å². The Morgan fingerprint density at radius 2 is 2.17 bits per heavy atom. The molecule has 0 bridgehead atoms. The summed E-state index contributed by atoms with van der Waals surface area (Å²) in [5, 5.41) is 8.26. The van der Waals surface area contributed by atoms with Crippen LogP contribution in [-0.2, 0) is 23.1 Å². The van der Waals surface area contributed by atoms with Gasteiger partial charge in [-0.1, -0.05) is 18.2 Å². The van der Waals surface area contributed by atoms with Crippen LogP contribution in [0, 0.1) is 5.92 Å². The number of benzene rings is 1. The SMILES string of the molecule is Cn1nc(CN2C(=O)NC(C3CCCOC3)C2=O)c2ccccc21. The van der Waals surface area contributed by atoms with Crippen molar-refractivity contribution in [2.45, 2.75) is 25.4 Å². The molecule has 3 heterocycles. The van der Waals surface area contributed by atoms with Crippen molar-refractivity contribution in [1.82, 2.24) is 20.0 Å². The molecular weight excluding hydrogens is 308 g/mol. The summed E-state index contributed by atoms with van der Waals surface area (Å²) in [6.45, 7) is 1.45. The lowest BCUT2D eigenvalue weighted by Crippen LogP contribution is -2.41. The zero-order chi connectivity index (χ0) is 16.7. The van der Waals surface area contributed by atoms with Crippen molar-refractivity contribution in [1.29, 1.82) is 0 Å². The largest absolute Gasteiger partial charge is 0.381 e. The van der Waals surface area contributed by atoms with Crippen LogP contribution in [0.15, 0.2) is 24.3 Å². The van der Waals surface area contributed by atoms with E-state index in [9.17, 15) is 9.59 Å². The number of carbonyl (C=O) groups is 2. The molecule has 1 N–H and O–H groups in total. The van der Waals surface area contributed by atoms with Crippen LogP contribution >= 0.6 is 0 Å². The molecular formula is C17H20N4O3. The molecule has 7 nitrogen and oxygen atoms in total. The molecule has 2 saturated heterocycles. The number of carbonyl (C=O) groups excluding carboxylic acids is 2. The van der Waals surface area contributed by atoms with Crippen LogP contribution in [-0.4, -0.2) is 45.9 Å². The molecule has 2 aliphatic rings. The Bertz CT molecular complexity index is 794. The summed E-state index contributed by atoms with van der Waals surface area (Å²) < 4.78 is 7.23. The summed E-state index contributed by atoms with van der Waals surface area (Å²) in [6.07, 6.45) is 1.83. The van der Waals surface area contributed by atoms with Crippen LogP contribution in [0.1, 0.15) is 18.5 Å². The molecule has 2 aliphatic heterocycles. The van der Waals surface area contributed by atoms with Crippen molar-refractivity contribution in [2.24, 2.45) is 13.0 Å². The van der Waals surface area contributed by atoms with Gasteiger partial charge in [-0.05, 0) is 18.9 Å². The number of fused-ring (bicyclic) bond motifs is 1. The minimum Gasteiger partial charge on any atom is -0.381 e. The van der Waals surface area contributed by atoms with E-state index < -0.39 is 6.04 Å². The summed E-state index contributed by atoms with van der Waals surface area (Å²) in [5.41, 5.74) is 1.72. The number of aromatic nitrogens is 2. The van der Waals surface area contributed by atoms with Crippen molar-refractivity contribution in [2.75, 3.05) is 13.2 Å². The monoisotopic (exact) mass is 328 g/mol. The number of amides is 3. The number of hydrogen-bond donors (Lipinski definition) is 1. The molecule has 2 aromatic rings. The number of imide groups is 1. The average Bonchev–Trinajstić information content (AvgIpc) is 3.08. The van der Waals surface area contributed by atoms with Gasteiger partial charge in [0.1, 0.15) is 6.04 Å². The Balaban J connectivity index is 1.57. The second kappa shape index (κ2) is 5.90. The molecule has 2 unspecified atom stereocenters. The summed E-state index contributed by atoms with van der Waals surface area (Å²) in [4.78, 5) is 26.3. The molecule has 0 radical (unpaired) electrons. The third-order valence-electron chi connectivity index (χ3n) is 4.87. The Morgan fingerprint density at radius 3 is 2.96 bits per heavy atom. The van der Waals surface area contributed by atoms with Crippen molar-refractivity contribution >= 4 is 22.8 Å². The third-order valence-corrected chi connectivity index (χ3v) is 4.87. The summed E-state index contributed by atoms with van der Waals surface area (Å²) in [5.74, 6) is -0.120. The maximum Gasteiger partial charge on any atom is 0.325 e. The fourth-order valence-corrected chi connectivity index (χ4v) is 3.59. The highest BCUT2D eigenvalue weighted by atomic mass is 16.5. The summed E-state index contributed by atoms with van der Waals surface area (Å²) in [7, 11) is 1.86. The van der Waals surface area contributed by atoms with Crippen LogP contribution in [0.25, 0.3) is 10.9 Å². The lowest BCUT2D eigenvalue weighted by Gasteiger charge is -2.25. The lowest BCUT2D eigenvalue weighted by atomic mass is 9.94. The fraction of sp³-hybridized carbons (Fsp3) is 0.471. The molecule has 4 rings (SSSR count). The van der Waals surface area contributed by atoms with E-state index in [0.29, 0.717) is 6.61 Å². The van der Waals surface area contributed by atoms with E-state index in [1.807, 2.05) is 31.3 Å². The number of rotatable bonds is 3. The van der Waals surface area contributed by atoms with E-state index in [2.05, 4.69) is 10.4 Å². The Labute approximate surface area is 139 Å². The smallest absolute Gasteiger partial charge is 0.325 e. The number of nitrogens with zero attached hydrogens (tertiary/aromatic N) is 3. The summed E-state index contributed by atoms with van der Waals surface area (Å²) >= 11 is 0. The second-order valence-electron chi connectivity index (χ2n) is 6.42. The van der Waals surface area contributed by atoms with Gasteiger partial charge in [-0.2, -0.15) is 5.10 Å². The first-order valence-corrected chi connectivity index (χ1v) is 8.25. The van der Waals surface area contributed by atoms with E-state index in [1.165, 1.54) is 4.90 Å². The van der Waals surface area contributed by atoms with E-state index in [4.69, 9.17) is 4.74 Å². The molecule has 0 aliphatic carbocycles. The van der Waals surface area contributed by atoms with Gasteiger partial charge in [0, 0.05) is 25.0 Å². The van der Waals surface area contributed by atoms with Gasteiger partial charge >= 0.3 is 6.03 Å². The molecule has 0 saturated carbocycles. The molecule has 7 heteroatoms. The highest BCUT2D eigenvalue weighted by molar-refractivity contribution is 6.04. The molecule has 2 atom stereocenters. The van der Waals surface area contributed by atoms with E-state index in [-0.39, 0.29) is 24.4 Å². The highest BCUT2D eigenvalue weighted by Gasteiger charge is 2.43. The van der Waals surface area contributed by atoms with Crippen LogP contribution in [0.3, 0.4) is 0 Å².